The predicted octanol–water partition coefficient (Wildman–Crippen LogP) is 10.0. The van der Waals surface area contributed by atoms with Crippen molar-refractivity contribution in [3.05, 3.63) is 0 Å². The molecule has 0 aliphatic heterocycles. The van der Waals surface area contributed by atoms with Crippen molar-refractivity contribution >= 4 is 0 Å². The molecular formula is C31H56F2O. The molecule has 0 radical (unpaired) electrons. The van der Waals surface area contributed by atoms with Crippen molar-refractivity contribution in [2.24, 2.45) is 17.8 Å². The summed E-state index contributed by atoms with van der Waals surface area (Å²) in [6.45, 7) is 8.99. The number of alkyl halides is 2. The molecule has 0 N–H and O–H groups in total. The third-order valence-corrected chi connectivity index (χ3v) is 8.03. The van der Waals surface area contributed by atoms with Gasteiger partial charge < -0.3 is 4.74 Å². The summed E-state index contributed by atoms with van der Waals surface area (Å²) in [5, 5.41) is 0. The molecule has 3 heteroatoms. The Labute approximate surface area is 211 Å². The summed E-state index contributed by atoms with van der Waals surface area (Å²) in [7, 11) is 0. The maximum absolute atomic E-state index is 15.0. The van der Waals surface area contributed by atoms with Crippen LogP contribution in [0.15, 0.2) is 0 Å². The molecule has 200 valence electrons. The van der Waals surface area contributed by atoms with Gasteiger partial charge in [-0.3, -0.25) is 0 Å². The fourth-order valence-corrected chi connectivity index (χ4v) is 6.04. The van der Waals surface area contributed by atoms with Crippen LogP contribution in [0.4, 0.5) is 8.78 Å². The van der Waals surface area contributed by atoms with Gasteiger partial charge in [-0.05, 0) is 49.9 Å². The second kappa shape index (κ2) is 19.6. The number of hydrogen-bond donors (Lipinski definition) is 0. The van der Waals surface area contributed by atoms with Crippen molar-refractivity contribution < 1.29 is 13.5 Å². The highest BCUT2D eigenvalue weighted by atomic mass is 19.2. The lowest BCUT2D eigenvalue weighted by Crippen LogP contribution is -2.44. The standard InChI is InChI=1S/C31H56F2O/c1-6-11-12-22-28(10-5)34-29-24-23-27(30(32)31(29)33)21-14-20-26(17-9-4)19-13-18-25(15-7-2)16-8-3/h5,25-31H,6-9,11-24H2,1-4H3. The van der Waals surface area contributed by atoms with Gasteiger partial charge >= 0.3 is 0 Å². The number of terminal acetylenes is 1. The van der Waals surface area contributed by atoms with E-state index in [9.17, 15) is 8.78 Å². The molecule has 0 heterocycles. The molecule has 1 aliphatic carbocycles. The summed E-state index contributed by atoms with van der Waals surface area (Å²) in [5.74, 6) is 4.11. The summed E-state index contributed by atoms with van der Waals surface area (Å²) in [6.07, 6.45) is 21.6. The Morgan fingerprint density at radius 3 is 1.85 bits per heavy atom. The molecule has 0 saturated heterocycles. The Hall–Kier alpha value is -0.620. The Morgan fingerprint density at radius 2 is 1.29 bits per heavy atom. The number of ether oxygens (including phenoxy) is 1. The first-order valence-corrected chi connectivity index (χ1v) is 14.9. The molecule has 0 aromatic carbocycles. The van der Waals surface area contributed by atoms with E-state index >= 15 is 0 Å². The van der Waals surface area contributed by atoms with Crippen LogP contribution < -0.4 is 0 Å². The molecule has 1 aliphatic rings. The van der Waals surface area contributed by atoms with E-state index in [2.05, 4.69) is 33.6 Å². The predicted molar refractivity (Wildman–Crippen MR) is 144 cm³/mol. The van der Waals surface area contributed by atoms with Crippen molar-refractivity contribution in [1.29, 1.82) is 0 Å². The lowest BCUT2D eigenvalue weighted by molar-refractivity contribution is -0.0930. The highest BCUT2D eigenvalue weighted by Crippen LogP contribution is 2.36. The first kappa shape index (κ1) is 31.4. The van der Waals surface area contributed by atoms with Gasteiger partial charge in [-0.1, -0.05) is 117 Å². The van der Waals surface area contributed by atoms with Gasteiger partial charge in [-0.25, -0.2) is 8.78 Å². The Bertz CT molecular complexity index is 510. The third kappa shape index (κ3) is 12.4. The van der Waals surface area contributed by atoms with Crippen molar-refractivity contribution in [1.82, 2.24) is 0 Å². The van der Waals surface area contributed by atoms with Crippen LogP contribution in [0.2, 0.25) is 0 Å². The molecule has 1 nitrogen and oxygen atoms in total. The maximum atomic E-state index is 15.0. The second-order valence-electron chi connectivity index (χ2n) is 11.0. The molecule has 0 spiro atoms. The van der Waals surface area contributed by atoms with E-state index in [0.29, 0.717) is 12.8 Å². The highest BCUT2D eigenvalue weighted by Gasteiger charge is 2.41. The minimum Gasteiger partial charge on any atom is -0.359 e. The molecule has 1 rings (SSSR count). The minimum absolute atomic E-state index is 0.167. The van der Waals surface area contributed by atoms with Crippen LogP contribution in [0.25, 0.3) is 0 Å². The SMILES string of the molecule is C#CC(CCCCC)OC1CCC(CCCC(CCC)CCCC(CCC)CCC)C(F)C1F. The van der Waals surface area contributed by atoms with E-state index in [1.165, 1.54) is 57.8 Å². The van der Waals surface area contributed by atoms with Crippen LogP contribution in [-0.2, 0) is 4.74 Å². The van der Waals surface area contributed by atoms with Crippen molar-refractivity contribution in [2.45, 2.75) is 168 Å². The smallest absolute Gasteiger partial charge is 0.157 e. The van der Waals surface area contributed by atoms with Gasteiger partial charge in [-0.15, -0.1) is 6.42 Å². The van der Waals surface area contributed by atoms with Crippen LogP contribution in [0.3, 0.4) is 0 Å². The first-order valence-electron chi connectivity index (χ1n) is 14.9. The third-order valence-electron chi connectivity index (χ3n) is 8.03. The van der Waals surface area contributed by atoms with Crippen molar-refractivity contribution in [2.75, 3.05) is 0 Å². The molecule has 0 bridgehead atoms. The fourth-order valence-electron chi connectivity index (χ4n) is 6.04. The number of halogens is 2. The lowest BCUT2D eigenvalue weighted by atomic mass is 9.80. The summed E-state index contributed by atoms with van der Waals surface area (Å²) in [6, 6.07) is 0. The van der Waals surface area contributed by atoms with Gasteiger partial charge in [0.05, 0.1) is 6.10 Å². The lowest BCUT2D eigenvalue weighted by Gasteiger charge is -2.36. The van der Waals surface area contributed by atoms with Gasteiger partial charge in [0.1, 0.15) is 12.3 Å². The van der Waals surface area contributed by atoms with Crippen LogP contribution in [0, 0.1) is 30.1 Å². The van der Waals surface area contributed by atoms with Crippen LogP contribution in [-0.4, -0.2) is 24.6 Å². The molecule has 1 fully saturated rings. The monoisotopic (exact) mass is 482 g/mol. The largest absolute Gasteiger partial charge is 0.359 e. The first-order chi connectivity index (χ1) is 16.5. The summed E-state index contributed by atoms with van der Waals surface area (Å²) >= 11 is 0. The van der Waals surface area contributed by atoms with Crippen LogP contribution in [0.5, 0.6) is 0 Å². The molecule has 0 amide bonds. The topological polar surface area (TPSA) is 9.23 Å². The highest BCUT2D eigenvalue weighted by molar-refractivity contribution is 4.97. The zero-order valence-electron chi connectivity index (χ0n) is 23.0. The molecular weight excluding hydrogens is 426 g/mol. The molecule has 34 heavy (non-hydrogen) atoms. The Balaban J connectivity index is 2.40. The summed E-state index contributed by atoms with van der Waals surface area (Å²) in [4.78, 5) is 0. The van der Waals surface area contributed by atoms with Gasteiger partial charge in [0.15, 0.2) is 6.17 Å². The summed E-state index contributed by atoms with van der Waals surface area (Å²) < 4.78 is 35.7. The van der Waals surface area contributed by atoms with E-state index in [1.807, 2.05) is 0 Å². The average molecular weight is 483 g/mol. The molecule has 1 saturated carbocycles. The van der Waals surface area contributed by atoms with E-state index < -0.39 is 18.4 Å². The quantitative estimate of drug-likeness (QED) is 0.124. The normalized spacial score (nSPS) is 24.8. The molecule has 0 aromatic heterocycles. The second-order valence-corrected chi connectivity index (χ2v) is 11.0. The minimum atomic E-state index is -1.54. The molecule has 6 unspecified atom stereocenters. The molecule has 0 aromatic rings. The Kier molecular flexibility index (Phi) is 18.1. The van der Waals surface area contributed by atoms with E-state index in [4.69, 9.17) is 11.2 Å². The number of unbranched alkanes of at least 4 members (excludes halogenated alkanes) is 2. The number of rotatable bonds is 20. The van der Waals surface area contributed by atoms with Gasteiger partial charge in [0.2, 0.25) is 0 Å². The van der Waals surface area contributed by atoms with Gasteiger partial charge in [0.25, 0.3) is 0 Å². The fraction of sp³-hybridized carbons (Fsp3) is 0.935. The number of hydrogen-bond acceptors (Lipinski definition) is 1. The maximum Gasteiger partial charge on any atom is 0.157 e. The van der Waals surface area contributed by atoms with Gasteiger partial charge in [-0.2, -0.15) is 0 Å². The van der Waals surface area contributed by atoms with Gasteiger partial charge in [0, 0.05) is 0 Å². The van der Waals surface area contributed by atoms with Crippen molar-refractivity contribution in [3.8, 4) is 12.3 Å². The van der Waals surface area contributed by atoms with E-state index in [1.54, 1.807) is 0 Å². The van der Waals surface area contributed by atoms with Crippen LogP contribution >= 0.6 is 0 Å². The zero-order chi connectivity index (χ0) is 25.2. The van der Waals surface area contributed by atoms with Crippen LogP contribution in [0.1, 0.15) is 143 Å². The average Bonchev–Trinajstić information content (AvgIpc) is 2.82. The summed E-state index contributed by atoms with van der Waals surface area (Å²) in [5.41, 5.74) is 0. The van der Waals surface area contributed by atoms with E-state index in [-0.39, 0.29) is 12.0 Å². The van der Waals surface area contributed by atoms with Crippen molar-refractivity contribution in [3.63, 3.8) is 0 Å². The zero-order valence-corrected chi connectivity index (χ0v) is 23.0. The Morgan fingerprint density at radius 1 is 0.706 bits per heavy atom. The molecule has 6 atom stereocenters. The van der Waals surface area contributed by atoms with E-state index in [0.717, 1.165) is 56.8 Å².